The van der Waals surface area contributed by atoms with Crippen molar-refractivity contribution in [1.29, 1.82) is 0 Å². The maximum atomic E-state index is 12.7. The van der Waals surface area contributed by atoms with E-state index in [9.17, 15) is 14.4 Å². The Morgan fingerprint density at radius 3 is 1.05 bits per heavy atom. The fraction of sp³-hybridized carbons (Fsp3) is 0.712. The second kappa shape index (κ2) is 46.5. The summed E-state index contributed by atoms with van der Waals surface area (Å²) in [4.78, 5) is 37.6. The van der Waals surface area contributed by atoms with E-state index in [4.69, 9.17) is 14.2 Å². The summed E-state index contributed by atoms with van der Waals surface area (Å²) in [6.07, 6.45) is 57.7. The van der Waals surface area contributed by atoms with Crippen molar-refractivity contribution in [3.63, 3.8) is 0 Å². The Bertz CT molecular complexity index is 1110. The van der Waals surface area contributed by atoms with Crippen LogP contribution in [-0.4, -0.2) is 37.2 Å². The highest BCUT2D eigenvalue weighted by atomic mass is 16.6. The van der Waals surface area contributed by atoms with Crippen molar-refractivity contribution < 1.29 is 28.6 Å². The molecule has 0 amide bonds. The molecule has 6 nitrogen and oxygen atoms in total. The minimum absolute atomic E-state index is 0.0970. The molecule has 0 aliphatic rings. The van der Waals surface area contributed by atoms with Crippen molar-refractivity contribution in [2.75, 3.05) is 13.2 Å². The van der Waals surface area contributed by atoms with Crippen LogP contribution in [0.25, 0.3) is 0 Å². The number of carbonyl (C=O) groups excluding carboxylic acids is 3. The number of unbranched alkanes of at least 4 members (excludes halogenated alkanes) is 19. The van der Waals surface area contributed by atoms with Gasteiger partial charge in [-0.2, -0.15) is 0 Å². The summed E-state index contributed by atoms with van der Waals surface area (Å²) in [5.41, 5.74) is 0. The Hall–Kier alpha value is -3.15. The molecule has 0 aromatic carbocycles. The normalized spacial score (nSPS) is 12.7. The van der Waals surface area contributed by atoms with E-state index in [1.165, 1.54) is 96.3 Å². The summed E-state index contributed by atoms with van der Waals surface area (Å²) in [5, 5.41) is 0. The van der Waals surface area contributed by atoms with Crippen LogP contribution in [0.15, 0.2) is 72.9 Å². The van der Waals surface area contributed by atoms with Gasteiger partial charge >= 0.3 is 17.9 Å². The summed E-state index contributed by atoms with van der Waals surface area (Å²) in [6, 6.07) is 0. The average molecular weight is 809 g/mol. The van der Waals surface area contributed by atoms with Crippen LogP contribution >= 0.6 is 0 Å². The Kier molecular flexibility index (Phi) is 44.0. The maximum absolute atomic E-state index is 12.7. The molecule has 0 aliphatic heterocycles. The van der Waals surface area contributed by atoms with Crippen molar-refractivity contribution >= 4 is 17.9 Å². The van der Waals surface area contributed by atoms with Crippen LogP contribution in [0.3, 0.4) is 0 Å². The third-order valence-electron chi connectivity index (χ3n) is 9.99. The predicted molar refractivity (Wildman–Crippen MR) is 247 cm³/mol. The van der Waals surface area contributed by atoms with Crippen LogP contribution in [0.1, 0.15) is 220 Å². The Morgan fingerprint density at radius 2 is 0.672 bits per heavy atom. The molecule has 0 heterocycles. The number of hydrogen-bond donors (Lipinski definition) is 0. The summed E-state index contributed by atoms with van der Waals surface area (Å²) in [5.74, 6) is -0.992. The molecule has 0 rings (SSSR count). The van der Waals surface area contributed by atoms with Gasteiger partial charge in [-0.15, -0.1) is 0 Å². The minimum Gasteiger partial charge on any atom is -0.462 e. The molecular formula is C52H88O6. The van der Waals surface area contributed by atoms with Gasteiger partial charge in [0.1, 0.15) is 13.2 Å². The standard InChI is InChI=1S/C52H88O6/c1-4-7-10-13-16-18-20-22-24-25-26-27-28-30-31-33-36-39-42-45-51(54)57-48-49(47-56-50(53)44-41-38-35-15-12-9-6-3)58-52(55)46-43-40-37-34-32-29-23-21-19-17-14-11-8-5-2/h7,10,16,18,22,24,26-27,30-31,36,39,49H,4-6,8-9,11-15,17,19-21,23,25,28-29,32-35,37-38,40-48H2,1-3H3/b10-7-,18-16-,24-22-,27-26-,31-30-,39-36-. The zero-order chi connectivity index (χ0) is 42.3. The van der Waals surface area contributed by atoms with E-state index >= 15 is 0 Å². The molecule has 1 unspecified atom stereocenters. The molecule has 0 aliphatic carbocycles. The Morgan fingerprint density at radius 1 is 0.362 bits per heavy atom. The van der Waals surface area contributed by atoms with Crippen LogP contribution in [0.2, 0.25) is 0 Å². The van der Waals surface area contributed by atoms with Gasteiger partial charge in [-0.3, -0.25) is 14.4 Å². The lowest BCUT2D eigenvalue weighted by Gasteiger charge is -2.18. The molecule has 0 aromatic rings. The second-order valence-electron chi connectivity index (χ2n) is 15.6. The number of rotatable bonds is 42. The maximum Gasteiger partial charge on any atom is 0.306 e. The number of ether oxygens (including phenoxy) is 3. The molecular weight excluding hydrogens is 721 g/mol. The number of hydrogen-bond acceptors (Lipinski definition) is 6. The van der Waals surface area contributed by atoms with E-state index in [1.807, 2.05) is 12.2 Å². The van der Waals surface area contributed by atoms with Gasteiger partial charge < -0.3 is 14.2 Å². The summed E-state index contributed by atoms with van der Waals surface area (Å²) < 4.78 is 16.6. The van der Waals surface area contributed by atoms with Crippen LogP contribution in [0.5, 0.6) is 0 Å². The highest BCUT2D eigenvalue weighted by Gasteiger charge is 2.19. The summed E-state index contributed by atoms with van der Waals surface area (Å²) in [6.45, 7) is 6.41. The van der Waals surface area contributed by atoms with Gasteiger partial charge in [0.15, 0.2) is 6.10 Å². The lowest BCUT2D eigenvalue weighted by atomic mass is 10.0. The van der Waals surface area contributed by atoms with Gasteiger partial charge in [0.2, 0.25) is 0 Å². The molecule has 332 valence electrons. The van der Waals surface area contributed by atoms with Crippen molar-refractivity contribution in [3.8, 4) is 0 Å². The molecule has 0 saturated heterocycles. The molecule has 1 atom stereocenters. The molecule has 0 spiro atoms. The van der Waals surface area contributed by atoms with E-state index < -0.39 is 6.10 Å². The van der Waals surface area contributed by atoms with Gasteiger partial charge in [-0.1, -0.05) is 216 Å². The first-order chi connectivity index (χ1) is 28.5. The smallest absolute Gasteiger partial charge is 0.306 e. The zero-order valence-electron chi connectivity index (χ0n) is 37.8. The quantitative estimate of drug-likeness (QED) is 0.0264. The molecule has 0 aromatic heterocycles. The lowest BCUT2D eigenvalue weighted by molar-refractivity contribution is -0.166. The van der Waals surface area contributed by atoms with Crippen molar-refractivity contribution in [2.45, 2.75) is 226 Å². The fourth-order valence-electron chi connectivity index (χ4n) is 6.41. The highest BCUT2D eigenvalue weighted by Crippen LogP contribution is 2.14. The van der Waals surface area contributed by atoms with Crippen molar-refractivity contribution in [3.05, 3.63) is 72.9 Å². The topological polar surface area (TPSA) is 78.9 Å². The predicted octanol–water partition coefficient (Wildman–Crippen LogP) is 15.5. The lowest BCUT2D eigenvalue weighted by Crippen LogP contribution is -2.30. The van der Waals surface area contributed by atoms with Gasteiger partial charge in [0.05, 0.1) is 0 Å². The SMILES string of the molecule is CC/C=C\C/C=C\C/C=C\C/C=C\C/C=C\C/C=C\CCC(=O)OCC(COC(=O)CCCCCCCCC)OC(=O)CCCCCCCCCCCCCCCC. The van der Waals surface area contributed by atoms with Gasteiger partial charge in [0.25, 0.3) is 0 Å². The highest BCUT2D eigenvalue weighted by molar-refractivity contribution is 5.71. The Balaban J connectivity index is 4.40. The minimum atomic E-state index is -0.799. The molecule has 0 radical (unpaired) electrons. The van der Waals surface area contributed by atoms with E-state index in [0.717, 1.165) is 77.0 Å². The van der Waals surface area contributed by atoms with E-state index in [1.54, 1.807) is 0 Å². The second-order valence-corrected chi connectivity index (χ2v) is 15.6. The van der Waals surface area contributed by atoms with Crippen molar-refractivity contribution in [1.82, 2.24) is 0 Å². The third-order valence-corrected chi connectivity index (χ3v) is 9.99. The monoisotopic (exact) mass is 809 g/mol. The van der Waals surface area contributed by atoms with Crippen LogP contribution in [-0.2, 0) is 28.6 Å². The first kappa shape index (κ1) is 54.9. The summed E-state index contributed by atoms with van der Waals surface area (Å²) in [7, 11) is 0. The van der Waals surface area contributed by atoms with Gasteiger partial charge in [0, 0.05) is 19.3 Å². The van der Waals surface area contributed by atoms with Crippen LogP contribution in [0.4, 0.5) is 0 Å². The molecule has 0 saturated carbocycles. The zero-order valence-corrected chi connectivity index (χ0v) is 37.8. The fourth-order valence-corrected chi connectivity index (χ4v) is 6.41. The Labute approximate surface area is 357 Å². The molecule has 0 fully saturated rings. The molecule has 0 N–H and O–H groups in total. The number of allylic oxidation sites excluding steroid dienone is 12. The first-order valence-electron chi connectivity index (χ1n) is 23.9. The first-order valence-corrected chi connectivity index (χ1v) is 23.9. The average Bonchev–Trinajstić information content (AvgIpc) is 3.22. The van der Waals surface area contributed by atoms with Gasteiger partial charge in [-0.05, 0) is 57.8 Å². The van der Waals surface area contributed by atoms with Crippen molar-refractivity contribution in [2.24, 2.45) is 0 Å². The van der Waals surface area contributed by atoms with Crippen LogP contribution in [0, 0.1) is 0 Å². The van der Waals surface area contributed by atoms with Crippen LogP contribution < -0.4 is 0 Å². The largest absolute Gasteiger partial charge is 0.462 e. The molecule has 0 bridgehead atoms. The summed E-state index contributed by atoms with van der Waals surface area (Å²) >= 11 is 0. The molecule has 58 heavy (non-hydrogen) atoms. The van der Waals surface area contributed by atoms with E-state index in [2.05, 4.69) is 81.5 Å². The number of carbonyl (C=O) groups is 3. The third kappa shape index (κ3) is 44.0. The van der Waals surface area contributed by atoms with E-state index in [0.29, 0.717) is 19.3 Å². The molecule has 6 heteroatoms. The number of esters is 3. The van der Waals surface area contributed by atoms with Gasteiger partial charge in [-0.25, -0.2) is 0 Å². The van der Waals surface area contributed by atoms with E-state index in [-0.39, 0.29) is 37.5 Å².